The highest BCUT2D eigenvalue weighted by molar-refractivity contribution is 5.95. The van der Waals surface area contributed by atoms with E-state index in [0.717, 1.165) is 26.1 Å². The summed E-state index contributed by atoms with van der Waals surface area (Å²) in [6.07, 6.45) is 6.01. The number of hydrogen-bond acceptors (Lipinski definition) is 2. The highest BCUT2D eigenvalue weighted by Crippen LogP contribution is 2.34. The summed E-state index contributed by atoms with van der Waals surface area (Å²) in [5.41, 5.74) is 3.39. The maximum absolute atomic E-state index is 13.0. The van der Waals surface area contributed by atoms with Crippen molar-refractivity contribution in [3.8, 4) is 0 Å². The molecule has 0 unspecified atom stereocenters. The smallest absolute Gasteiger partial charge is 0.162 e. The standard InChI is InChI=1S/C24H27FN2O/c1-26-17-22(21-5-2-3-6-23(21)26)18-12-15-27(16-13-18)14-4-7-24(28)19-8-10-20(25)11-9-19/h2-3,5-6,8-11,17-18H,4,7,12-16H2,1H3. The van der Waals surface area contributed by atoms with Crippen LogP contribution in [0.4, 0.5) is 4.39 Å². The second kappa shape index (κ2) is 8.27. The molecule has 3 aromatic rings. The number of piperidine rings is 1. The van der Waals surface area contributed by atoms with Gasteiger partial charge in [0.25, 0.3) is 0 Å². The molecule has 0 radical (unpaired) electrons. The van der Waals surface area contributed by atoms with Crippen molar-refractivity contribution in [2.24, 2.45) is 7.05 Å². The van der Waals surface area contributed by atoms with Gasteiger partial charge in [-0.3, -0.25) is 4.79 Å². The van der Waals surface area contributed by atoms with Gasteiger partial charge in [-0.05, 0) is 80.7 Å². The molecule has 1 aliphatic rings. The van der Waals surface area contributed by atoms with Crippen LogP contribution in [0.3, 0.4) is 0 Å². The lowest BCUT2D eigenvalue weighted by molar-refractivity contribution is 0.0972. The second-order valence-electron chi connectivity index (χ2n) is 7.86. The Balaban J connectivity index is 1.27. The van der Waals surface area contributed by atoms with Crippen LogP contribution in [0.5, 0.6) is 0 Å². The Bertz CT molecular complexity index is 952. The van der Waals surface area contributed by atoms with Crippen LogP contribution in [0.15, 0.2) is 54.7 Å². The van der Waals surface area contributed by atoms with E-state index in [1.165, 1.54) is 41.4 Å². The number of carbonyl (C=O) groups is 1. The third-order valence-corrected chi connectivity index (χ3v) is 6.00. The number of hydrogen-bond donors (Lipinski definition) is 0. The van der Waals surface area contributed by atoms with Gasteiger partial charge in [0.1, 0.15) is 5.82 Å². The van der Waals surface area contributed by atoms with E-state index in [9.17, 15) is 9.18 Å². The van der Waals surface area contributed by atoms with Crippen LogP contribution >= 0.6 is 0 Å². The topological polar surface area (TPSA) is 25.2 Å². The first-order valence-electron chi connectivity index (χ1n) is 10.2. The first kappa shape index (κ1) is 18.9. The summed E-state index contributed by atoms with van der Waals surface area (Å²) in [6, 6.07) is 14.5. The summed E-state index contributed by atoms with van der Waals surface area (Å²) in [5.74, 6) is 0.416. The molecular weight excluding hydrogens is 351 g/mol. The Kier molecular flexibility index (Phi) is 5.58. The number of aryl methyl sites for hydroxylation is 1. The van der Waals surface area contributed by atoms with Crippen molar-refractivity contribution < 1.29 is 9.18 Å². The number of carbonyl (C=O) groups excluding carboxylic acids is 1. The zero-order valence-electron chi connectivity index (χ0n) is 16.4. The summed E-state index contributed by atoms with van der Waals surface area (Å²) in [5, 5.41) is 1.38. The fourth-order valence-electron chi connectivity index (χ4n) is 4.41. The average molecular weight is 378 g/mol. The molecule has 2 heterocycles. The zero-order valence-corrected chi connectivity index (χ0v) is 16.4. The van der Waals surface area contributed by atoms with Crippen LogP contribution in [-0.2, 0) is 7.05 Å². The third-order valence-electron chi connectivity index (χ3n) is 6.00. The number of fused-ring (bicyclic) bond motifs is 1. The van der Waals surface area contributed by atoms with Gasteiger partial charge >= 0.3 is 0 Å². The van der Waals surface area contributed by atoms with Gasteiger partial charge in [-0.15, -0.1) is 0 Å². The van der Waals surface area contributed by atoms with Crippen LogP contribution in [-0.4, -0.2) is 34.9 Å². The average Bonchev–Trinajstić information content (AvgIpc) is 3.06. The third kappa shape index (κ3) is 4.02. The molecule has 2 aromatic carbocycles. The fourth-order valence-corrected chi connectivity index (χ4v) is 4.41. The summed E-state index contributed by atoms with van der Waals surface area (Å²) in [4.78, 5) is 14.7. The SMILES string of the molecule is Cn1cc(C2CCN(CCCC(=O)c3ccc(F)cc3)CC2)c2ccccc21. The number of ketones is 1. The second-order valence-corrected chi connectivity index (χ2v) is 7.86. The molecule has 0 amide bonds. The number of likely N-dealkylation sites (tertiary alicyclic amines) is 1. The molecule has 0 saturated carbocycles. The number of halogens is 1. The van der Waals surface area contributed by atoms with Crippen LogP contribution in [0.1, 0.15) is 47.5 Å². The van der Waals surface area contributed by atoms with Crippen molar-refractivity contribution in [3.63, 3.8) is 0 Å². The quantitative estimate of drug-likeness (QED) is 0.554. The lowest BCUT2D eigenvalue weighted by Crippen LogP contribution is -2.33. The Hall–Kier alpha value is -2.46. The fraction of sp³-hybridized carbons (Fsp3) is 0.375. The van der Waals surface area contributed by atoms with Gasteiger partial charge in [0, 0.05) is 36.1 Å². The van der Waals surface area contributed by atoms with Gasteiger partial charge in [-0.25, -0.2) is 4.39 Å². The lowest BCUT2D eigenvalue weighted by Gasteiger charge is -2.31. The van der Waals surface area contributed by atoms with E-state index < -0.39 is 0 Å². The van der Waals surface area contributed by atoms with Crippen LogP contribution in [0.25, 0.3) is 10.9 Å². The number of Topliss-reactive ketones (excluding diaryl/α,β-unsaturated/α-hetero) is 1. The Morgan fingerprint density at radius 1 is 1.07 bits per heavy atom. The lowest BCUT2D eigenvalue weighted by atomic mass is 9.89. The molecule has 1 saturated heterocycles. The molecule has 1 aliphatic heterocycles. The molecule has 0 aliphatic carbocycles. The minimum atomic E-state index is -0.300. The zero-order chi connectivity index (χ0) is 19.5. The summed E-state index contributed by atoms with van der Waals surface area (Å²) in [6.45, 7) is 3.12. The van der Waals surface area contributed by atoms with Gasteiger partial charge in [-0.2, -0.15) is 0 Å². The van der Waals surface area contributed by atoms with Crippen molar-refractivity contribution in [2.45, 2.75) is 31.6 Å². The van der Waals surface area contributed by atoms with Crippen molar-refractivity contribution in [1.82, 2.24) is 9.47 Å². The molecule has 1 fully saturated rings. The van der Waals surface area contributed by atoms with E-state index in [2.05, 4.69) is 47.0 Å². The van der Waals surface area contributed by atoms with Gasteiger partial charge < -0.3 is 9.47 Å². The molecule has 3 nitrogen and oxygen atoms in total. The van der Waals surface area contributed by atoms with Crippen molar-refractivity contribution in [2.75, 3.05) is 19.6 Å². The van der Waals surface area contributed by atoms with Gasteiger partial charge in [0.2, 0.25) is 0 Å². The van der Waals surface area contributed by atoms with E-state index in [-0.39, 0.29) is 11.6 Å². The van der Waals surface area contributed by atoms with E-state index in [1.54, 1.807) is 12.1 Å². The predicted octanol–water partition coefficient (Wildman–Crippen LogP) is 5.16. The number of aromatic nitrogens is 1. The number of para-hydroxylation sites is 1. The molecule has 0 spiro atoms. The molecule has 0 atom stereocenters. The van der Waals surface area contributed by atoms with Crippen molar-refractivity contribution in [3.05, 3.63) is 71.7 Å². The Morgan fingerprint density at radius 2 is 1.79 bits per heavy atom. The highest BCUT2D eigenvalue weighted by Gasteiger charge is 2.23. The molecule has 4 rings (SSSR count). The molecular formula is C24H27FN2O. The summed E-state index contributed by atoms with van der Waals surface area (Å²) < 4.78 is 15.2. The molecule has 0 bridgehead atoms. The predicted molar refractivity (Wildman–Crippen MR) is 111 cm³/mol. The van der Waals surface area contributed by atoms with E-state index in [0.29, 0.717) is 17.9 Å². The van der Waals surface area contributed by atoms with Crippen molar-refractivity contribution in [1.29, 1.82) is 0 Å². The molecule has 28 heavy (non-hydrogen) atoms. The van der Waals surface area contributed by atoms with Crippen LogP contribution in [0, 0.1) is 5.82 Å². The minimum absolute atomic E-state index is 0.102. The summed E-state index contributed by atoms with van der Waals surface area (Å²) >= 11 is 0. The largest absolute Gasteiger partial charge is 0.350 e. The van der Waals surface area contributed by atoms with Crippen molar-refractivity contribution >= 4 is 16.7 Å². The molecule has 1 aromatic heterocycles. The maximum atomic E-state index is 13.0. The number of nitrogens with zero attached hydrogens (tertiary/aromatic N) is 2. The van der Waals surface area contributed by atoms with Crippen LogP contribution in [0.2, 0.25) is 0 Å². The maximum Gasteiger partial charge on any atom is 0.162 e. The minimum Gasteiger partial charge on any atom is -0.350 e. The van der Waals surface area contributed by atoms with Gasteiger partial charge in [0.05, 0.1) is 0 Å². The van der Waals surface area contributed by atoms with E-state index in [4.69, 9.17) is 0 Å². The van der Waals surface area contributed by atoms with Gasteiger partial charge in [-0.1, -0.05) is 18.2 Å². The van der Waals surface area contributed by atoms with Gasteiger partial charge in [0.15, 0.2) is 5.78 Å². The number of benzene rings is 2. The van der Waals surface area contributed by atoms with E-state index in [1.807, 2.05) is 0 Å². The Labute approximate surface area is 165 Å². The summed E-state index contributed by atoms with van der Waals surface area (Å²) in [7, 11) is 2.12. The molecule has 146 valence electrons. The monoisotopic (exact) mass is 378 g/mol. The molecule has 0 N–H and O–H groups in total. The Morgan fingerprint density at radius 3 is 2.54 bits per heavy atom. The van der Waals surface area contributed by atoms with Crippen LogP contribution < -0.4 is 0 Å². The first-order valence-corrected chi connectivity index (χ1v) is 10.2. The first-order chi connectivity index (χ1) is 13.6. The molecule has 4 heteroatoms. The van der Waals surface area contributed by atoms with E-state index >= 15 is 0 Å². The normalized spacial score (nSPS) is 15.9. The number of rotatable bonds is 6. The highest BCUT2D eigenvalue weighted by atomic mass is 19.1.